The quantitative estimate of drug-likeness (QED) is 0.743. The van der Waals surface area contributed by atoms with Crippen molar-refractivity contribution in [2.45, 2.75) is 31.8 Å². The lowest BCUT2D eigenvalue weighted by atomic mass is 10.1. The molecule has 1 aliphatic rings. The minimum Gasteiger partial charge on any atom is -0.338 e. The van der Waals surface area contributed by atoms with E-state index in [-0.39, 0.29) is 23.3 Å². The van der Waals surface area contributed by atoms with Gasteiger partial charge in [-0.25, -0.2) is 0 Å². The van der Waals surface area contributed by atoms with Gasteiger partial charge in [0, 0.05) is 17.5 Å². The molecule has 7 heteroatoms. The second-order valence-electron chi connectivity index (χ2n) is 4.95. The van der Waals surface area contributed by atoms with Gasteiger partial charge in [-0.05, 0) is 25.0 Å². The minimum absolute atomic E-state index is 0.0179. The van der Waals surface area contributed by atoms with Crippen LogP contribution in [0.2, 0.25) is 10.0 Å². The molecule has 0 spiro atoms. The summed E-state index contributed by atoms with van der Waals surface area (Å²) in [5, 5.41) is 5.96. The molecule has 0 unspecified atom stereocenters. The molecule has 108 valence electrons. The van der Waals surface area contributed by atoms with Crippen LogP contribution in [0.15, 0.2) is 12.1 Å². The second-order valence-corrected chi connectivity index (χ2v) is 5.73. The normalized spacial score (nSPS) is 15.6. The summed E-state index contributed by atoms with van der Waals surface area (Å²) in [5.74, 6) is -0.489. The van der Waals surface area contributed by atoms with Crippen LogP contribution in [-0.4, -0.2) is 17.5 Å². The fourth-order valence-electron chi connectivity index (χ4n) is 1.79. The van der Waals surface area contributed by atoms with Gasteiger partial charge in [0.15, 0.2) is 0 Å². The van der Waals surface area contributed by atoms with Crippen molar-refractivity contribution in [3.8, 4) is 0 Å². The molecule has 0 radical (unpaired) electrons. The molecule has 1 fully saturated rings. The van der Waals surface area contributed by atoms with Crippen molar-refractivity contribution >= 4 is 40.7 Å². The molecule has 0 aromatic heterocycles. The van der Waals surface area contributed by atoms with Crippen LogP contribution in [-0.2, 0) is 16.0 Å². The summed E-state index contributed by atoms with van der Waals surface area (Å²) in [6, 6.07) is 3.19. The Morgan fingerprint density at radius 2 is 2.00 bits per heavy atom. The lowest BCUT2D eigenvalue weighted by molar-refractivity contribution is -0.121. The standard InChI is InChI=1S/C13H15Cl2N3O2/c1-7(19)17-10-3-2-9(14)8(12(10)15)6-11(20)18-13(16)4-5-13/h2-3H,4-6,16H2,1H3,(H,17,19)(H,18,20). The topological polar surface area (TPSA) is 84.2 Å². The van der Waals surface area contributed by atoms with Crippen molar-refractivity contribution in [3.05, 3.63) is 27.7 Å². The Balaban J connectivity index is 2.17. The van der Waals surface area contributed by atoms with E-state index in [0.29, 0.717) is 16.3 Å². The fourth-order valence-corrected chi connectivity index (χ4v) is 2.34. The van der Waals surface area contributed by atoms with Crippen LogP contribution in [0.3, 0.4) is 0 Å². The molecule has 0 atom stereocenters. The molecule has 0 saturated heterocycles. The van der Waals surface area contributed by atoms with Gasteiger partial charge < -0.3 is 16.4 Å². The van der Waals surface area contributed by atoms with Crippen molar-refractivity contribution in [3.63, 3.8) is 0 Å². The maximum absolute atomic E-state index is 11.9. The first-order valence-electron chi connectivity index (χ1n) is 6.15. The Kier molecular flexibility index (Phi) is 4.22. The molecule has 2 rings (SSSR count). The molecule has 5 nitrogen and oxygen atoms in total. The number of nitrogens with one attached hydrogen (secondary N) is 2. The smallest absolute Gasteiger partial charge is 0.225 e. The zero-order valence-corrected chi connectivity index (χ0v) is 12.4. The number of carbonyl (C=O) groups excluding carboxylic acids is 2. The van der Waals surface area contributed by atoms with Crippen molar-refractivity contribution in [2.75, 3.05) is 5.32 Å². The first-order valence-corrected chi connectivity index (χ1v) is 6.91. The average Bonchev–Trinajstić information content (AvgIpc) is 3.05. The van der Waals surface area contributed by atoms with Crippen LogP contribution in [0.1, 0.15) is 25.3 Å². The molecule has 0 aliphatic heterocycles. The van der Waals surface area contributed by atoms with Crippen molar-refractivity contribution in [2.24, 2.45) is 5.73 Å². The maximum Gasteiger partial charge on any atom is 0.225 e. The monoisotopic (exact) mass is 315 g/mol. The van der Waals surface area contributed by atoms with Crippen molar-refractivity contribution in [1.29, 1.82) is 0 Å². The van der Waals surface area contributed by atoms with Gasteiger partial charge in [-0.1, -0.05) is 23.2 Å². The van der Waals surface area contributed by atoms with Gasteiger partial charge in [0.25, 0.3) is 0 Å². The highest BCUT2D eigenvalue weighted by molar-refractivity contribution is 6.38. The minimum atomic E-state index is -0.578. The summed E-state index contributed by atoms with van der Waals surface area (Å²) in [7, 11) is 0. The maximum atomic E-state index is 11.9. The molecule has 4 N–H and O–H groups in total. The summed E-state index contributed by atoms with van der Waals surface area (Å²) in [6.07, 6.45) is 1.56. The van der Waals surface area contributed by atoms with Gasteiger partial charge in [-0.15, -0.1) is 0 Å². The first-order chi connectivity index (χ1) is 9.31. The molecule has 2 amide bonds. The zero-order valence-electron chi connectivity index (χ0n) is 10.9. The van der Waals surface area contributed by atoms with E-state index in [4.69, 9.17) is 28.9 Å². The Labute approximate surface area is 126 Å². The van der Waals surface area contributed by atoms with E-state index in [1.165, 1.54) is 6.92 Å². The van der Waals surface area contributed by atoms with Crippen LogP contribution in [0, 0.1) is 0 Å². The van der Waals surface area contributed by atoms with Gasteiger partial charge in [-0.3, -0.25) is 9.59 Å². The van der Waals surface area contributed by atoms with Crippen molar-refractivity contribution < 1.29 is 9.59 Å². The van der Waals surface area contributed by atoms with Gasteiger partial charge in [0.2, 0.25) is 11.8 Å². The third kappa shape index (κ3) is 3.62. The van der Waals surface area contributed by atoms with Crippen LogP contribution >= 0.6 is 23.2 Å². The predicted octanol–water partition coefficient (Wildman–Crippen LogP) is 2.06. The summed E-state index contributed by atoms with van der Waals surface area (Å²) in [5.41, 5.74) is 6.14. The molecule has 0 heterocycles. The van der Waals surface area contributed by atoms with E-state index < -0.39 is 5.66 Å². The summed E-state index contributed by atoms with van der Waals surface area (Å²) >= 11 is 12.2. The van der Waals surface area contributed by atoms with Crippen LogP contribution in [0.4, 0.5) is 5.69 Å². The molecule has 1 aromatic rings. The Morgan fingerprint density at radius 3 is 2.55 bits per heavy atom. The largest absolute Gasteiger partial charge is 0.338 e. The summed E-state index contributed by atoms with van der Waals surface area (Å²) in [6.45, 7) is 1.38. The molecular formula is C13H15Cl2N3O2. The van der Waals surface area contributed by atoms with E-state index in [0.717, 1.165) is 12.8 Å². The van der Waals surface area contributed by atoms with Crippen molar-refractivity contribution in [1.82, 2.24) is 5.32 Å². The molecule has 1 saturated carbocycles. The predicted molar refractivity (Wildman–Crippen MR) is 78.8 cm³/mol. The van der Waals surface area contributed by atoms with E-state index in [1.54, 1.807) is 12.1 Å². The number of rotatable bonds is 4. The van der Waals surface area contributed by atoms with Gasteiger partial charge in [0.1, 0.15) is 0 Å². The number of carbonyl (C=O) groups is 2. The highest BCUT2D eigenvalue weighted by Crippen LogP contribution is 2.33. The number of nitrogens with two attached hydrogens (primary N) is 1. The number of benzene rings is 1. The Hall–Kier alpha value is -1.30. The first kappa shape index (κ1) is 15.1. The fraction of sp³-hybridized carbons (Fsp3) is 0.385. The number of anilines is 1. The van der Waals surface area contributed by atoms with Gasteiger partial charge >= 0.3 is 0 Å². The number of amides is 2. The summed E-state index contributed by atoms with van der Waals surface area (Å²) in [4.78, 5) is 23.0. The van der Waals surface area contributed by atoms with E-state index in [9.17, 15) is 9.59 Å². The molecular weight excluding hydrogens is 301 g/mol. The van der Waals surface area contributed by atoms with Gasteiger partial charge in [0.05, 0.1) is 22.8 Å². The molecule has 0 bridgehead atoms. The Bertz CT molecular complexity index is 571. The number of hydrogen-bond acceptors (Lipinski definition) is 3. The van der Waals surface area contributed by atoms with E-state index in [2.05, 4.69) is 10.6 Å². The van der Waals surface area contributed by atoms with E-state index in [1.807, 2.05) is 0 Å². The lowest BCUT2D eigenvalue weighted by Crippen LogP contribution is -2.44. The second kappa shape index (κ2) is 5.60. The number of hydrogen-bond donors (Lipinski definition) is 3. The highest BCUT2D eigenvalue weighted by Gasteiger charge is 2.39. The molecule has 1 aromatic carbocycles. The third-order valence-electron chi connectivity index (χ3n) is 3.01. The third-order valence-corrected chi connectivity index (χ3v) is 3.80. The van der Waals surface area contributed by atoms with Crippen LogP contribution in [0.5, 0.6) is 0 Å². The SMILES string of the molecule is CC(=O)Nc1ccc(Cl)c(CC(=O)NC2(N)CC2)c1Cl. The highest BCUT2D eigenvalue weighted by atomic mass is 35.5. The van der Waals surface area contributed by atoms with E-state index >= 15 is 0 Å². The Morgan fingerprint density at radius 1 is 1.35 bits per heavy atom. The van der Waals surface area contributed by atoms with Gasteiger partial charge in [-0.2, -0.15) is 0 Å². The number of halogens is 2. The van der Waals surface area contributed by atoms with Crippen LogP contribution in [0.25, 0.3) is 0 Å². The molecule has 1 aliphatic carbocycles. The summed E-state index contributed by atoms with van der Waals surface area (Å²) < 4.78 is 0. The average molecular weight is 316 g/mol. The van der Waals surface area contributed by atoms with Crippen LogP contribution < -0.4 is 16.4 Å². The lowest BCUT2D eigenvalue weighted by Gasteiger charge is -2.14. The molecule has 20 heavy (non-hydrogen) atoms. The zero-order chi connectivity index (χ0) is 14.9.